The van der Waals surface area contributed by atoms with Gasteiger partial charge in [-0.3, -0.25) is 11.3 Å². The SMILES string of the molecule is CCCOCCC(NN)c1cc(C)cc(F)c1. The summed E-state index contributed by atoms with van der Waals surface area (Å²) in [6.07, 6.45) is 1.74. The third-order valence-corrected chi connectivity index (χ3v) is 2.57. The standard InChI is InChI=1S/C13H21FN2O/c1-3-5-17-6-4-13(16-15)11-7-10(2)8-12(14)9-11/h7-9,13,16H,3-6,15H2,1-2H3. The van der Waals surface area contributed by atoms with E-state index in [4.69, 9.17) is 10.6 Å². The molecule has 0 fully saturated rings. The van der Waals surface area contributed by atoms with Gasteiger partial charge in [0.1, 0.15) is 5.82 Å². The minimum atomic E-state index is -0.227. The second-order valence-corrected chi connectivity index (χ2v) is 4.18. The number of hydrogen-bond donors (Lipinski definition) is 2. The molecule has 0 saturated heterocycles. The maximum absolute atomic E-state index is 13.3. The van der Waals surface area contributed by atoms with E-state index in [0.29, 0.717) is 6.61 Å². The first-order valence-electron chi connectivity index (χ1n) is 5.98. The number of rotatable bonds is 7. The number of ether oxygens (including phenoxy) is 1. The molecule has 0 aliphatic carbocycles. The van der Waals surface area contributed by atoms with Crippen LogP contribution in [0.4, 0.5) is 4.39 Å². The minimum absolute atomic E-state index is 0.0683. The number of nitrogens with one attached hydrogen (secondary N) is 1. The zero-order valence-corrected chi connectivity index (χ0v) is 10.5. The summed E-state index contributed by atoms with van der Waals surface area (Å²) in [7, 11) is 0. The van der Waals surface area contributed by atoms with E-state index in [2.05, 4.69) is 12.3 Å². The lowest BCUT2D eigenvalue weighted by atomic mass is 10.0. The van der Waals surface area contributed by atoms with Crippen molar-refractivity contribution in [3.8, 4) is 0 Å². The maximum Gasteiger partial charge on any atom is 0.123 e. The molecule has 1 aromatic rings. The molecule has 3 N–H and O–H groups in total. The van der Waals surface area contributed by atoms with Crippen molar-refractivity contribution in [1.29, 1.82) is 0 Å². The predicted octanol–water partition coefficient (Wildman–Crippen LogP) is 2.46. The monoisotopic (exact) mass is 240 g/mol. The number of benzene rings is 1. The van der Waals surface area contributed by atoms with Crippen LogP contribution < -0.4 is 11.3 Å². The van der Waals surface area contributed by atoms with Crippen LogP contribution in [0.3, 0.4) is 0 Å². The number of halogens is 1. The van der Waals surface area contributed by atoms with Gasteiger partial charge in [-0.15, -0.1) is 0 Å². The van der Waals surface area contributed by atoms with Crippen LogP contribution >= 0.6 is 0 Å². The van der Waals surface area contributed by atoms with Crippen LogP contribution in [0.15, 0.2) is 18.2 Å². The molecule has 0 spiro atoms. The van der Waals surface area contributed by atoms with Crippen molar-refractivity contribution in [2.75, 3.05) is 13.2 Å². The van der Waals surface area contributed by atoms with Crippen LogP contribution in [0.5, 0.6) is 0 Å². The highest BCUT2D eigenvalue weighted by molar-refractivity contribution is 5.26. The van der Waals surface area contributed by atoms with Gasteiger partial charge in [0.05, 0.1) is 0 Å². The lowest BCUT2D eigenvalue weighted by molar-refractivity contribution is 0.124. The molecule has 96 valence electrons. The van der Waals surface area contributed by atoms with Gasteiger partial charge in [-0.1, -0.05) is 13.0 Å². The van der Waals surface area contributed by atoms with Crippen molar-refractivity contribution < 1.29 is 9.13 Å². The van der Waals surface area contributed by atoms with Crippen molar-refractivity contribution in [2.45, 2.75) is 32.7 Å². The molecule has 1 atom stereocenters. The molecule has 0 heterocycles. The average Bonchev–Trinajstić information content (AvgIpc) is 2.28. The first-order valence-corrected chi connectivity index (χ1v) is 5.98. The van der Waals surface area contributed by atoms with E-state index in [9.17, 15) is 4.39 Å². The van der Waals surface area contributed by atoms with Gasteiger partial charge in [0.25, 0.3) is 0 Å². The normalized spacial score (nSPS) is 12.7. The Balaban J connectivity index is 2.59. The molecular formula is C13H21FN2O. The van der Waals surface area contributed by atoms with E-state index in [-0.39, 0.29) is 11.9 Å². The molecule has 17 heavy (non-hydrogen) atoms. The van der Waals surface area contributed by atoms with Gasteiger partial charge < -0.3 is 4.74 Å². The summed E-state index contributed by atoms with van der Waals surface area (Å²) >= 11 is 0. The summed E-state index contributed by atoms with van der Waals surface area (Å²) in [6, 6.07) is 4.89. The van der Waals surface area contributed by atoms with Crippen molar-refractivity contribution in [3.63, 3.8) is 0 Å². The molecule has 0 aromatic heterocycles. The Morgan fingerprint density at radius 3 is 2.71 bits per heavy atom. The van der Waals surface area contributed by atoms with Gasteiger partial charge in [0, 0.05) is 19.3 Å². The first kappa shape index (κ1) is 14.1. The molecule has 0 bridgehead atoms. The Morgan fingerprint density at radius 1 is 1.35 bits per heavy atom. The third-order valence-electron chi connectivity index (χ3n) is 2.57. The number of aryl methyl sites for hydroxylation is 1. The minimum Gasteiger partial charge on any atom is -0.381 e. The van der Waals surface area contributed by atoms with Crippen LogP contribution in [-0.4, -0.2) is 13.2 Å². The zero-order valence-electron chi connectivity index (χ0n) is 10.5. The Morgan fingerprint density at radius 2 is 2.12 bits per heavy atom. The zero-order chi connectivity index (χ0) is 12.7. The van der Waals surface area contributed by atoms with E-state index in [1.165, 1.54) is 12.1 Å². The molecule has 0 radical (unpaired) electrons. The van der Waals surface area contributed by atoms with Crippen molar-refractivity contribution in [3.05, 3.63) is 35.1 Å². The van der Waals surface area contributed by atoms with Gasteiger partial charge in [-0.05, 0) is 43.0 Å². The molecule has 0 amide bonds. The summed E-state index contributed by atoms with van der Waals surface area (Å²) in [6.45, 7) is 5.31. The van der Waals surface area contributed by atoms with Gasteiger partial charge >= 0.3 is 0 Å². The summed E-state index contributed by atoms with van der Waals surface area (Å²) in [4.78, 5) is 0. The van der Waals surface area contributed by atoms with Gasteiger partial charge in [-0.2, -0.15) is 0 Å². The summed E-state index contributed by atoms with van der Waals surface area (Å²) in [5.74, 6) is 5.26. The number of nitrogens with two attached hydrogens (primary N) is 1. The van der Waals surface area contributed by atoms with Crippen molar-refractivity contribution in [1.82, 2.24) is 5.43 Å². The average molecular weight is 240 g/mol. The molecular weight excluding hydrogens is 219 g/mol. The fourth-order valence-corrected chi connectivity index (χ4v) is 1.76. The molecule has 0 aliphatic rings. The second kappa shape index (κ2) is 7.37. The van der Waals surface area contributed by atoms with Crippen LogP contribution in [0.2, 0.25) is 0 Å². The topological polar surface area (TPSA) is 47.3 Å². The molecule has 0 saturated carbocycles. The predicted molar refractivity (Wildman–Crippen MR) is 66.9 cm³/mol. The highest BCUT2D eigenvalue weighted by atomic mass is 19.1. The Hall–Kier alpha value is -0.970. The van der Waals surface area contributed by atoms with Crippen molar-refractivity contribution in [2.24, 2.45) is 5.84 Å². The van der Waals surface area contributed by atoms with Crippen LogP contribution in [0.1, 0.15) is 36.9 Å². The van der Waals surface area contributed by atoms with Crippen LogP contribution in [0, 0.1) is 12.7 Å². The first-order chi connectivity index (χ1) is 8.17. The molecule has 1 rings (SSSR count). The van der Waals surface area contributed by atoms with E-state index in [0.717, 1.165) is 30.6 Å². The molecule has 1 aromatic carbocycles. The highest BCUT2D eigenvalue weighted by Crippen LogP contribution is 2.19. The molecule has 1 unspecified atom stereocenters. The fraction of sp³-hybridized carbons (Fsp3) is 0.538. The smallest absolute Gasteiger partial charge is 0.123 e. The lowest BCUT2D eigenvalue weighted by Gasteiger charge is -2.17. The van der Waals surface area contributed by atoms with Gasteiger partial charge in [-0.25, -0.2) is 4.39 Å². The van der Waals surface area contributed by atoms with Gasteiger partial charge in [0.2, 0.25) is 0 Å². The van der Waals surface area contributed by atoms with E-state index >= 15 is 0 Å². The molecule has 4 heteroatoms. The summed E-state index contributed by atoms with van der Waals surface area (Å²) in [5.41, 5.74) is 4.47. The Kier molecular flexibility index (Phi) is 6.11. The van der Waals surface area contributed by atoms with Crippen LogP contribution in [0.25, 0.3) is 0 Å². The number of hydrazine groups is 1. The maximum atomic E-state index is 13.3. The highest BCUT2D eigenvalue weighted by Gasteiger charge is 2.11. The van der Waals surface area contributed by atoms with Gasteiger partial charge in [0.15, 0.2) is 0 Å². The second-order valence-electron chi connectivity index (χ2n) is 4.18. The van der Waals surface area contributed by atoms with E-state index < -0.39 is 0 Å². The van der Waals surface area contributed by atoms with Crippen LogP contribution in [-0.2, 0) is 4.74 Å². The Labute approximate surface area is 102 Å². The van der Waals surface area contributed by atoms with E-state index in [1.54, 1.807) is 0 Å². The Bertz CT molecular complexity index is 324. The fourth-order valence-electron chi connectivity index (χ4n) is 1.76. The lowest BCUT2D eigenvalue weighted by Crippen LogP contribution is -2.29. The molecule has 0 aliphatic heterocycles. The molecule has 3 nitrogen and oxygen atoms in total. The summed E-state index contributed by atoms with van der Waals surface area (Å²) in [5, 5.41) is 0. The third kappa shape index (κ3) is 4.81. The largest absolute Gasteiger partial charge is 0.381 e. The summed E-state index contributed by atoms with van der Waals surface area (Å²) < 4.78 is 18.7. The number of hydrogen-bond acceptors (Lipinski definition) is 3. The quantitative estimate of drug-likeness (QED) is 0.437. The van der Waals surface area contributed by atoms with E-state index in [1.807, 2.05) is 13.0 Å². The van der Waals surface area contributed by atoms with Crippen molar-refractivity contribution >= 4 is 0 Å².